The number of nitrogens with one attached hydrogen (secondary N) is 1. The van der Waals surface area contributed by atoms with Gasteiger partial charge in [-0.2, -0.15) is 0 Å². The van der Waals surface area contributed by atoms with Crippen molar-refractivity contribution in [1.82, 2.24) is 9.97 Å². The van der Waals surface area contributed by atoms with Gasteiger partial charge in [0, 0.05) is 23.4 Å². The van der Waals surface area contributed by atoms with Crippen LogP contribution in [0.4, 0.5) is 10.2 Å². The smallest absolute Gasteiger partial charge is 0.161 e. The molecule has 0 saturated carbocycles. The van der Waals surface area contributed by atoms with Gasteiger partial charge in [-0.1, -0.05) is 20.8 Å². The van der Waals surface area contributed by atoms with Crippen molar-refractivity contribution in [2.24, 2.45) is 0 Å². The molecule has 0 radical (unpaired) electrons. The number of anilines is 1. The Morgan fingerprint density at radius 1 is 1.14 bits per heavy atom. The molecular formula is C17H22FN3. The lowest BCUT2D eigenvalue weighted by molar-refractivity contribution is 0.628. The van der Waals surface area contributed by atoms with Gasteiger partial charge in [0.15, 0.2) is 5.82 Å². The maximum Gasteiger partial charge on any atom is 0.161 e. The number of rotatable bonds is 5. The van der Waals surface area contributed by atoms with E-state index in [9.17, 15) is 4.39 Å². The second-order valence-corrected chi connectivity index (χ2v) is 5.48. The minimum Gasteiger partial charge on any atom is -0.370 e. The standard InChI is InChI=1S/C17H22FN3/c1-5-10-19-17-15(11(2)3)12(4)20-16(21-17)13-6-8-14(18)9-7-13/h6-9,11H,5,10H2,1-4H3,(H,19,20,21). The lowest BCUT2D eigenvalue weighted by atomic mass is 10.0. The molecule has 4 heteroatoms. The van der Waals surface area contributed by atoms with Crippen LogP contribution in [0, 0.1) is 12.7 Å². The van der Waals surface area contributed by atoms with E-state index in [0.29, 0.717) is 11.7 Å². The minimum atomic E-state index is -0.251. The first-order valence-electron chi connectivity index (χ1n) is 7.41. The monoisotopic (exact) mass is 287 g/mol. The highest BCUT2D eigenvalue weighted by molar-refractivity contribution is 5.60. The average Bonchev–Trinajstić information content (AvgIpc) is 2.44. The van der Waals surface area contributed by atoms with Crippen LogP contribution in [0.15, 0.2) is 24.3 Å². The quantitative estimate of drug-likeness (QED) is 0.877. The molecule has 21 heavy (non-hydrogen) atoms. The molecule has 0 saturated heterocycles. The van der Waals surface area contributed by atoms with Crippen LogP contribution in [-0.2, 0) is 0 Å². The predicted octanol–water partition coefficient (Wildman–Crippen LogP) is 4.54. The zero-order valence-corrected chi connectivity index (χ0v) is 13.1. The van der Waals surface area contributed by atoms with Crippen LogP contribution in [0.2, 0.25) is 0 Å². The first-order chi connectivity index (χ1) is 10.0. The first-order valence-corrected chi connectivity index (χ1v) is 7.41. The molecule has 0 aliphatic rings. The Morgan fingerprint density at radius 2 is 1.81 bits per heavy atom. The van der Waals surface area contributed by atoms with Crippen molar-refractivity contribution in [3.63, 3.8) is 0 Å². The second-order valence-electron chi connectivity index (χ2n) is 5.48. The zero-order chi connectivity index (χ0) is 15.4. The van der Waals surface area contributed by atoms with E-state index in [-0.39, 0.29) is 5.82 Å². The fourth-order valence-electron chi connectivity index (χ4n) is 2.38. The summed E-state index contributed by atoms with van der Waals surface area (Å²) in [5.41, 5.74) is 2.95. The van der Waals surface area contributed by atoms with E-state index in [1.54, 1.807) is 12.1 Å². The number of hydrogen-bond donors (Lipinski definition) is 1. The van der Waals surface area contributed by atoms with Gasteiger partial charge in [-0.05, 0) is 43.5 Å². The summed E-state index contributed by atoms with van der Waals surface area (Å²) < 4.78 is 13.0. The van der Waals surface area contributed by atoms with Crippen molar-refractivity contribution in [3.8, 4) is 11.4 Å². The molecule has 0 aliphatic carbocycles. The Balaban J connectivity index is 2.48. The van der Waals surface area contributed by atoms with Gasteiger partial charge >= 0.3 is 0 Å². The molecule has 0 amide bonds. The van der Waals surface area contributed by atoms with Crippen LogP contribution in [-0.4, -0.2) is 16.5 Å². The van der Waals surface area contributed by atoms with Crippen molar-refractivity contribution in [2.75, 3.05) is 11.9 Å². The van der Waals surface area contributed by atoms with E-state index < -0.39 is 0 Å². The fraction of sp³-hybridized carbons (Fsp3) is 0.412. The molecule has 1 N–H and O–H groups in total. The fourth-order valence-corrected chi connectivity index (χ4v) is 2.38. The highest BCUT2D eigenvalue weighted by atomic mass is 19.1. The first kappa shape index (κ1) is 15.4. The molecule has 0 atom stereocenters. The molecule has 0 fully saturated rings. The average molecular weight is 287 g/mol. The molecule has 0 spiro atoms. The van der Waals surface area contributed by atoms with Gasteiger partial charge < -0.3 is 5.32 Å². The Hall–Kier alpha value is -1.97. The lowest BCUT2D eigenvalue weighted by Gasteiger charge is -2.17. The summed E-state index contributed by atoms with van der Waals surface area (Å²) in [6, 6.07) is 6.29. The number of nitrogens with zero attached hydrogens (tertiary/aromatic N) is 2. The minimum absolute atomic E-state index is 0.251. The van der Waals surface area contributed by atoms with Crippen molar-refractivity contribution < 1.29 is 4.39 Å². The largest absolute Gasteiger partial charge is 0.370 e. The number of hydrogen-bond acceptors (Lipinski definition) is 3. The van der Waals surface area contributed by atoms with Gasteiger partial charge in [0.2, 0.25) is 0 Å². The topological polar surface area (TPSA) is 37.8 Å². The number of benzene rings is 1. The number of aromatic nitrogens is 2. The molecule has 0 unspecified atom stereocenters. The van der Waals surface area contributed by atoms with E-state index >= 15 is 0 Å². The summed E-state index contributed by atoms with van der Waals surface area (Å²) in [6.45, 7) is 9.28. The number of halogens is 1. The van der Waals surface area contributed by atoms with Gasteiger partial charge in [0.05, 0.1) is 0 Å². The molecule has 0 bridgehead atoms. The molecule has 112 valence electrons. The third kappa shape index (κ3) is 3.57. The summed E-state index contributed by atoms with van der Waals surface area (Å²) in [5, 5.41) is 3.38. The summed E-state index contributed by atoms with van der Waals surface area (Å²) in [5.74, 6) is 1.62. The summed E-state index contributed by atoms with van der Waals surface area (Å²) in [7, 11) is 0. The Morgan fingerprint density at radius 3 is 2.38 bits per heavy atom. The summed E-state index contributed by atoms with van der Waals surface area (Å²) in [6.07, 6.45) is 1.03. The van der Waals surface area contributed by atoms with E-state index in [0.717, 1.165) is 35.6 Å². The summed E-state index contributed by atoms with van der Waals surface area (Å²) in [4.78, 5) is 9.24. The van der Waals surface area contributed by atoms with Gasteiger partial charge in [-0.25, -0.2) is 14.4 Å². The summed E-state index contributed by atoms with van der Waals surface area (Å²) >= 11 is 0. The van der Waals surface area contributed by atoms with Crippen LogP contribution < -0.4 is 5.32 Å². The van der Waals surface area contributed by atoms with Crippen molar-refractivity contribution >= 4 is 5.82 Å². The van der Waals surface area contributed by atoms with E-state index in [1.165, 1.54) is 12.1 Å². The number of aryl methyl sites for hydroxylation is 1. The molecule has 1 aromatic carbocycles. The van der Waals surface area contributed by atoms with Crippen LogP contribution in [0.3, 0.4) is 0 Å². The maximum absolute atomic E-state index is 13.0. The van der Waals surface area contributed by atoms with Gasteiger partial charge in [0.1, 0.15) is 11.6 Å². The second kappa shape index (κ2) is 6.66. The third-order valence-corrected chi connectivity index (χ3v) is 3.36. The molecular weight excluding hydrogens is 265 g/mol. The third-order valence-electron chi connectivity index (χ3n) is 3.36. The molecule has 1 heterocycles. The van der Waals surface area contributed by atoms with Gasteiger partial charge in [0.25, 0.3) is 0 Å². The van der Waals surface area contributed by atoms with Crippen molar-refractivity contribution in [3.05, 3.63) is 41.3 Å². The molecule has 2 aromatic rings. The molecule has 2 rings (SSSR count). The Labute approximate surface area is 125 Å². The Kier molecular flexibility index (Phi) is 4.89. The van der Waals surface area contributed by atoms with Gasteiger partial charge in [-0.3, -0.25) is 0 Å². The van der Waals surface area contributed by atoms with Crippen LogP contribution in [0.1, 0.15) is 44.4 Å². The molecule has 1 aromatic heterocycles. The van der Waals surface area contributed by atoms with Crippen LogP contribution in [0.5, 0.6) is 0 Å². The lowest BCUT2D eigenvalue weighted by Crippen LogP contribution is -2.10. The highest BCUT2D eigenvalue weighted by Gasteiger charge is 2.15. The maximum atomic E-state index is 13.0. The SMILES string of the molecule is CCCNc1nc(-c2ccc(F)cc2)nc(C)c1C(C)C. The van der Waals surface area contributed by atoms with E-state index in [1.807, 2.05) is 6.92 Å². The Bertz CT molecular complexity index is 606. The van der Waals surface area contributed by atoms with E-state index in [2.05, 4.69) is 36.1 Å². The zero-order valence-electron chi connectivity index (χ0n) is 13.1. The predicted molar refractivity (Wildman–Crippen MR) is 85.0 cm³/mol. The molecule has 3 nitrogen and oxygen atoms in total. The van der Waals surface area contributed by atoms with Crippen LogP contribution >= 0.6 is 0 Å². The van der Waals surface area contributed by atoms with Crippen molar-refractivity contribution in [2.45, 2.75) is 40.0 Å². The van der Waals surface area contributed by atoms with Gasteiger partial charge in [-0.15, -0.1) is 0 Å². The van der Waals surface area contributed by atoms with Crippen LogP contribution in [0.25, 0.3) is 11.4 Å². The van der Waals surface area contributed by atoms with Crippen molar-refractivity contribution in [1.29, 1.82) is 0 Å². The van der Waals surface area contributed by atoms with E-state index in [4.69, 9.17) is 0 Å². The molecule has 0 aliphatic heterocycles. The highest BCUT2D eigenvalue weighted by Crippen LogP contribution is 2.28. The normalized spacial score (nSPS) is 11.0.